The average molecular weight is 486 g/mol. The highest BCUT2D eigenvalue weighted by Gasteiger charge is 2.15. The van der Waals surface area contributed by atoms with E-state index in [1.165, 1.54) is 18.3 Å². The van der Waals surface area contributed by atoms with Crippen LogP contribution in [0.1, 0.15) is 18.1 Å². The van der Waals surface area contributed by atoms with E-state index in [1.807, 2.05) is 37.3 Å². The normalized spacial score (nSPS) is 10.6. The number of carbonyl (C=O) groups excluding carboxylic acids is 2. The molecule has 0 aliphatic rings. The van der Waals surface area contributed by atoms with Crippen LogP contribution in [0.2, 0.25) is 10.0 Å². The first kappa shape index (κ1) is 24.1. The molecule has 3 aromatic rings. The molecule has 3 aromatic carbocycles. The molecule has 0 aliphatic carbocycles. The van der Waals surface area contributed by atoms with Gasteiger partial charge in [0.15, 0.2) is 11.5 Å². The lowest BCUT2D eigenvalue weighted by atomic mass is 10.2. The van der Waals surface area contributed by atoms with Gasteiger partial charge in [0.05, 0.1) is 23.5 Å². The predicted molar refractivity (Wildman–Crippen MR) is 129 cm³/mol. The van der Waals surface area contributed by atoms with Gasteiger partial charge in [0, 0.05) is 5.02 Å². The Morgan fingerprint density at radius 3 is 2.48 bits per heavy atom. The molecule has 0 radical (unpaired) electrons. The topological polar surface area (TPSA) is 89.0 Å². The van der Waals surface area contributed by atoms with Gasteiger partial charge in [-0.2, -0.15) is 5.10 Å². The van der Waals surface area contributed by atoms with Crippen LogP contribution in [0, 0.1) is 0 Å². The number of benzene rings is 3. The van der Waals surface area contributed by atoms with Gasteiger partial charge in [-0.1, -0.05) is 53.5 Å². The number of nitrogens with zero attached hydrogens (tertiary/aromatic N) is 1. The Bertz CT molecular complexity index is 1150. The van der Waals surface area contributed by atoms with E-state index in [1.54, 1.807) is 24.3 Å². The smallest absolute Gasteiger partial charge is 0.329 e. The van der Waals surface area contributed by atoms with Crippen molar-refractivity contribution in [1.29, 1.82) is 0 Å². The maximum absolute atomic E-state index is 12.1. The van der Waals surface area contributed by atoms with Crippen molar-refractivity contribution in [2.45, 2.75) is 13.5 Å². The van der Waals surface area contributed by atoms with Crippen molar-refractivity contribution >= 4 is 46.9 Å². The summed E-state index contributed by atoms with van der Waals surface area (Å²) in [7, 11) is 0. The molecule has 0 bridgehead atoms. The summed E-state index contributed by atoms with van der Waals surface area (Å²) in [5.41, 5.74) is 4.07. The van der Waals surface area contributed by atoms with E-state index in [9.17, 15) is 9.59 Å². The molecule has 2 N–H and O–H groups in total. The fraction of sp³-hybridized carbons (Fsp3) is 0.125. The Morgan fingerprint density at radius 1 is 0.939 bits per heavy atom. The SMILES string of the molecule is CCOc1cc(/C=N/NC(=O)C(=O)Nc2cc(Cl)ccc2Cl)ccc1OCc1ccccc1. The van der Waals surface area contributed by atoms with Crippen molar-refractivity contribution in [2.75, 3.05) is 11.9 Å². The van der Waals surface area contributed by atoms with Crippen molar-refractivity contribution in [3.8, 4) is 11.5 Å². The number of rotatable bonds is 8. The van der Waals surface area contributed by atoms with Gasteiger partial charge in [0.1, 0.15) is 6.61 Å². The number of anilines is 1. The Labute approximate surface area is 201 Å². The molecule has 0 saturated heterocycles. The molecular formula is C24H21Cl2N3O4. The van der Waals surface area contributed by atoms with Crippen LogP contribution < -0.4 is 20.2 Å². The van der Waals surface area contributed by atoms with E-state index in [4.69, 9.17) is 32.7 Å². The lowest BCUT2D eigenvalue weighted by Crippen LogP contribution is -2.32. The van der Waals surface area contributed by atoms with Crippen LogP contribution in [0.25, 0.3) is 0 Å². The van der Waals surface area contributed by atoms with Crippen LogP contribution in [-0.2, 0) is 16.2 Å². The summed E-state index contributed by atoms with van der Waals surface area (Å²) in [5, 5.41) is 6.83. The molecule has 0 saturated carbocycles. The molecule has 33 heavy (non-hydrogen) atoms. The van der Waals surface area contributed by atoms with Gasteiger partial charge in [-0.25, -0.2) is 5.43 Å². The summed E-state index contributed by atoms with van der Waals surface area (Å²) >= 11 is 11.9. The summed E-state index contributed by atoms with van der Waals surface area (Å²) in [6.07, 6.45) is 1.39. The monoisotopic (exact) mass is 485 g/mol. The summed E-state index contributed by atoms with van der Waals surface area (Å²) < 4.78 is 11.5. The first-order valence-electron chi connectivity index (χ1n) is 9.99. The van der Waals surface area contributed by atoms with Crippen molar-refractivity contribution in [3.05, 3.63) is 87.9 Å². The molecule has 7 nitrogen and oxygen atoms in total. The van der Waals surface area contributed by atoms with E-state index in [0.717, 1.165) is 5.56 Å². The number of halogens is 2. The lowest BCUT2D eigenvalue weighted by Gasteiger charge is -2.12. The third-order valence-corrected chi connectivity index (χ3v) is 4.83. The van der Waals surface area contributed by atoms with Crippen LogP contribution in [0.4, 0.5) is 5.69 Å². The second-order valence-electron chi connectivity index (χ2n) is 6.69. The fourth-order valence-corrected chi connectivity index (χ4v) is 3.05. The molecule has 0 unspecified atom stereocenters. The van der Waals surface area contributed by atoms with Crippen molar-refractivity contribution in [1.82, 2.24) is 5.43 Å². The Hall–Kier alpha value is -3.55. The van der Waals surface area contributed by atoms with Crippen molar-refractivity contribution in [3.63, 3.8) is 0 Å². The number of ether oxygens (including phenoxy) is 2. The van der Waals surface area contributed by atoms with Crippen LogP contribution in [-0.4, -0.2) is 24.6 Å². The fourth-order valence-electron chi connectivity index (χ4n) is 2.72. The van der Waals surface area contributed by atoms with Gasteiger partial charge in [0.2, 0.25) is 0 Å². The van der Waals surface area contributed by atoms with Gasteiger partial charge >= 0.3 is 11.8 Å². The lowest BCUT2D eigenvalue weighted by molar-refractivity contribution is -0.136. The number of amides is 2. The molecule has 170 valence electrons. The van der Waals surface area contributed by atoms with Gasteiger partial charge in [-0.15, -0.1) is 0 Å². The molecular weight excluding hydrogens is 465 g/mol. The molecule has 0 spiro atoms. The molecule has 0 fully saturated rings. The van der Waals surface area contributed by atoms with Gasteiger partial charge in [-0.3, -0.25) is 9.59 Å². The molecule has 9 heteroatoms. The highest BCUT2D eigenvalue weighted by atomic mass is 35.5. The molecule has 0 aliphatic heterocycles. The zero-order valence-electron chi connectivity index (χ0n) is 17.7. The van der Waals surface area contributed by atoms with E-state index in [-0.39, 0.29) is 10.7 Å². The van der Waals surface area contributed by atoms with Crippen LogP contribution in [0.3, 0.4) is 0 Å². The first-order valence-corrected chi connectivity index (χ1v) is 10.7. The highest BCUT2D eigenvalue weighted by molar-refractivity contribution is 6.42. The average Bonchev–Trinajstić information content (AvgIpc) is 2.81. The third-order valence-electron chi connectivity index (χ3n) is 4.27. The highest BCUT2D eigenvalue weighted by Crippen LogP contribution is 2.29. The minimum Gasteiger partial charge on any atom is -0.490 e. The molecule has 0 heterocycles. The van der Waals surface area contributed by atoms with Crippen LogP contribution in [0.5, 0.6) is 11.5 Å². The quantitative estimate of drug-likeness (QED) is 0.265. The Kier molecular flexibility index (Phi) is 8.69. The van der Waals surface area contributed by atoms with Gasteiger partial charge in [0.25, 0.3) is 0 Å². The maximum Gasteiger partial charge on any atom is 0.329 e. The Balaban J connectivity index is 1.60. The second-order valence-corrected chi connectivity index (χ2v) is 7.53. The molecule has 3 rings (SSSR count). The first-order chi connectivity index (χ1) is 16.0. The minimum atomic E-state index is -0.963. The summed E-state index contributed by atoms with van der Waals surface area (Å²) in [5.74, 6) is -0.775. The van der Waals surface area contributed by atoms with E-state index in [2.05, 4.69) is 15.8 Å². The summed E-state index contributed by atoms with van der Waals surface area (Å²) in [6.45, 7) is 2.72. The van der Waals surface area contributed by atoms with E-state index in [0.29, 0.717) is 35.3 Å². The van der Waals surface area contributed by atoms with Gasteiger partial charge in [-0.05, 0) is 54.4 Å². The molecule has 2 amide bonds. The van der Waals surface area contributed by atoms with E-state index >= 15 is 0 Å². The molecule has 0 atom stereocenters. The Morgan fingerprint density at radius 2 is 1.73 bits per heavy atom. The maximum atomic E-state index is 12.1. The molecule has 0 aromatic heterocycles. The number of hydrazone groups is 1. The minimum absolute atomic E-state index is 0.223. The number of hydrogen-bond donors (Lipinski definition) is 2. The number of hydrogen-bond acceptors (Lipinski definition) is 5. The largest absolute Gasteiger partial charge is 0.490 e. The third kappa shape index (κ3) is 7.24. The zero-order valence-corrected chi connectivity index (χ0v) is 19.2. The number of nitrogens with one attached hydrogen (secondary N) is 2. The standard InChI is InChI=1S/C24H21Cl2N3O4/c1-2-32-22-12-17(8-11-21(22)33-15-16-6-4-3-5-7-16)14-27-29-24(31)23(30)28-20-13-18(25)9-10-19(20)26/h3-14H,2,15H2,1H3,(H,28,30)(H,29,31)/b27-14+. The number of carbonyl (C=O) groups is 2. The van der Waals surface area contributed by atoms with Crippen LogP contribution in [0.15, 0.2) is 71.8 Å². The van der Waals surface area contributed by atoms with E-state index < -0.39 is 11.8 Å². The van der Waals surface area contributed by atoms with Gasteiger partial charge < -0.3 is 14.8 Å². The predicted octanol–water partition coefficient (Wildman–Crippen LogP) is 5.06. The zero-order chi connectivity index (χ0) is 23.6. The van der Waals surface area contributed by atoms with Crippen molar-refractivity contribution < 1.29 is 19.1 Å². The summed E-state index contributed by atoms with van der Waals surface area (Å²) in [4.78, 5) is 24.1. The second kappa shape index (κ2) is 11.9. The van der Waals surface area contributed by atoms with Crippen LogP contribution >= 0.6 is 23.2 Å². The van der Waals surface area contributed by atoms with Crippen molar-refractivity contribution in [2.24, 2.45) is 5.10 Å². The summed E-state index contributed by atoms with van der Waals surface area (Å²) in [6, 6.07) is 19.5.